The average Bonchev–Trinajstić information content (AvgIpc) is 1.59. The topological polar surface area (TPSA) is 17.1 Å². The van der Waals surface area contributed by atoms with E-state index in [4.69, 9.17) is 0 Å². The smallest absolute Gasteiger partial charge is 0.196 e. The summed E-state index contributed by atoms with van der Waals surface area (Å²) in [5.41, 5.74) is 0. The fourth-order valence-electron chi connectivity index (χ4n) is 0.184. The van der Waals surface area contributed by atoms with Crippen LogP contribution in [0.25, 0.3) is 0 Å². The predicted molar refractivity (Wildman–Crippen MR) is 45.6 cm³/mol. The second-order valence-electron chi connectivity index (χ2n) is 2.77. The van der Waals surface area contributed by atoms with Crippen molar-refractivity contribution in [3.05, 3.63) is 0 Å². The fourth-order valence-corrected chi connectivity index (χ4v) is 1.65. The fraction of sp³-hybridized carbons (Fsp3) is 0.833. The Hall–Kier alpha value is 0.370. The summed E-state index contributed by atoms with van der Waals surface area (Å²) < 4.78 is 0.191. The van der Waals surface area contributed by atoms with Crippen LogP contribution in [-0.4, -0.2) is 9.86 Å². The van der Waals surface area contributed by atoms with Gasteiger partial charge in [-0.3, -0.25) is 4.79 Å². The molecule has 0 bridgehead atoms. The van der Waals surface area contributed by atoms with E-state index < -0.39 is 0 Å². The van der Waals surface area contributed by atoms with Crippen molar-refractivity contribution in [2.45, 2.75) is 32.4 Å². The average molecular weight is 164 g/mol. The molecule has 0 atom stereocenters. The Labute approximate surface area is 64.4 Å². The lowest BCUT2D eigenvalue weighted by molar-refractivity contribution is -0.109. The van der Waals surface area contributed by atoms with Gasteiger partial charge in [0.2, 0.25) is 0 Å². The second-order valence-corrected chi connectivity index (χ2v) is 5.90. The third-order valence-corrected chi connectivity index (χ3v) is 3.68. The van der Waals surface area contributed by atoms with Crippen LogP contribution < -0.4 is 0 Å². The predicted octanol–water partition coefficient (Wildman–Crippen LogP) is 2.71. The lowest BCUT2D eigenvalue weighted by atomic mass is 10.3. The van der Waals surface area contributed by atoms with Gasteiger partial charge in [0.1, 0.15) is 0 Å². The van der Waals surface area contributed by atoms with Crippen molar-refractivity contribution < 1.29 is 4.79 Å². The highest BCUT2D eigenvalue weighted by molar-refractivity contribution is 8.82. The van der Waals surface area contributed by atoms with Crippen LogP contribution in [0, 0.1) is 0 Å². The quantitative estimate of drug-likeness (QED) is 0.555. The molecule has 0 aliphatic rings. The number of carbonyl (C=O) groups excluding carboxylic acids is 1. The van der Waals surface area contributed by atoms with Gasteiger partial charge in [-0.2, -0.15) is 0 Å². The summed E-state index contributed by atoms with van der Waals surface area (Å²) in [6.07, 6.45) is 0. The molecule has 0 saturated carbocycles. The molecule has 0 saturated heterocycles. The minimum absolute atomic E-state index is 0.176. The first-order valence-corrected chi connectivity index (χ1v) is 4.93. The number of rotatable bonds is 1. The third-order valence-electron chi connectivity index (χ3n) is 0.409. The highest BCUT2D eigenvalue weighted by atomic mass is 33.1. The number of hydrogen-bond donors (Lipinski definition) is 0. The van der Waals surface area contributed by atoms with E-state index >= 15 is 0 Å². The lowest BCUT2D eigenvalue weighted by Crippen LogP contribution is -2.05. The van der Waals surface area contributed by atoms with Crippen LogP contribution in [0.5, 0.6) is 0 Å². The molecule has 9 heavy (non-hydrogen) atoms. The first-order chi connectivity index (χ1) is 3.92. The Bertz CT molecular complexity index is 104. The van der Waals surface area contributed by atoms with E-state index in [1.165, 1.54) is 10.8 Å². The maximum absolute atomic E-state index is 10.4. The van der Waals surface area contributed by atoms with Gasteiger partial charge in [-0.05, 0) is 10.8 Å². The molecule has 0 aliphatic carbocycles. The van der Waals surface area contributed by atoms with E-state index in [0.717, 1.165) is 0 Å². The van der Waals surface area contributed by atoms with Gasteiger partial charge >= 0.3 is 0 Å². The van der Waals surface area contributed by atoms with E-state index in [0.29, 0.717) is 0 Å². The summed E-state index contributed by atoms with van der Waals surface area (Å²) in [7, 11) is 2.92. The minimum atomic E-state index is 0.176. The normalized spacial score (nSPS) is 11.6. The van der Waals surface area contributed by atoms with Crippen molar-refractivity contribution in [3.63, 3.8) is 0 Å². The van der Waals surface area contributed by atoms with Crippen molar-refractivity contribution in [2.24, 2.45) is 0 Å². The molecule has 0 unspecified atom stereocenters. The van der Waals surface area contributed by atoms with Crippen LogP contribution in [0.3, 0.4) is 0 Å². The molecule has 0 rings (SSSR count). The highest BCUT2D eigenvalue weighted by Gasteiger charge is 2.11. The van der Waals surface area contributed by atoms with E-state index in [1.807, 2.05) is 0 Å². The molecule has 0 amide bonds. The Balaban J connectivity index is 3.39. The molecule has 0 heterocycles. The summed E-state index contributed by atoms with van der Waals surface area (Å²) in [6.45, 7) is 7.86. The Morgan fingerprint density at radius 1 is 1.33 bits per heavy atom. The van der Waals surface area contributed by atoms with E-state index in [9.17, 15) is 4.79 Å². The monoisotopic (exact) mass is 164 g/mol. The SMILES string of the molecule is CC(=O)SSC(C)(C)C. The molecule has 0 aromatic heterocycles. The van der Waals surface area contributed by atoms with Crippen molar-refractivity contribution in [3.8, 4) is 0 Å². The molecule has 0 aromatic rings. The molecule has 3 heteroatoms. The van der Waals surface area contributed by atoms with Crippen LogP contribution in [0.1, 0.15) is 27.7 Å². The first kappa shape index (κ1) is 9.37. The van der Waals surface area contributed by atoms with Gasteiger partial charge in [-0.25, -0.2) is 0 Å². The van der Waals surface area contributed by atoms with Crippen LogP contribution in [0.2, 0.25) is 0 Å². The molecule has 0 aromatic carbocycles. The Morgan fingerprint density at radius 2 is 1.78 bits per heavy atom. The zero-order valence-corrected chi connectivity index (χ0v) is 7.86. The van der Waals surface area contributed by atoms with Gasteiger partial charge in [0.15, 0.2) is 5.12 Å². The van der Waals surface area contributed by atoms with Gasteiger partial charge in [0, 0.05) is 11.7 Å². The van der Waals surface area contributed by atoms with Gasteiger partial charge in [0.25, 0.3) is 0 Å². The zero-order valence-electron chi connectivity index (χ0n) is 6.22. The van der Waals surface area contributed by atoms with Crippen molar-refractivity contribution in [1.29, 1.82) is 0 Å². The maximum Gasteiger partial charge on any atom is 0.196 e. The van der Waals surface area contributed by atoms with E-state index in [-0.39, 0.29) is 9.86 Å². The van der Waals surface area contributed by atoms with Gasteiger partial charge in [-0.15, -0.1) is 0 Å². The van der Waals surface area contributed by atoms with E-state index in [1.54, 1.807) is 17.7 Å². The zero-order chi connectivity index (χ0) is 7.49. The highest BCUT2D eigenvalue weighted by Crippen LogP contribution is 2.34. The van der Waals surface area contributed by atoms with Crippen molar-refractivity contribution in [1.82, 2.24) is 0 Å². The maximum atomic E-state index is 10.4. The molecule has 0 N–H and O–H groups in total. The first-order valence-electron chi connectivity index (χ1n) is 2.78. The summed E-state index contributed by atoms with van der Waals surface area (Å²) in [5.74, 6) is 0. The van der Waals surface area contributed by atoms with Crippen LogP contribution >= 0.6 is 21.6 Å². The summed E-state index contributed by atoms with van der Waals surface area (Å²) in [4.78, 5) is 10.4. The molecule has 0 aliphatic heterocycles. The molecule has 54 valence electrons. The van der Waals surface area contributed by atoms with Gasteiger partial charge in [0.05, 0.1) is 0 Å². The molecular weight excluding hydrogens is 152 g/mol. The summed E-state index contributed by atoms with van der Waals surface area (Å²) >= 11 is 0. The number of carbonyl (C=O) groups is 1. The van der Waals surface area contributed by atoms with E-state index in [2.05, 4.69) is 20.8 Å². The Kier molecular flexibility index (Phi) is 3.66. The molecule has 0 fully saturated rings. The Morgan fingerprint density at radius 3 is 1.89 bits per heavy atom. The van der Waals surface area contributed by atoms with Crippen molar-refractivity contribution in [2.75, 3.05) is 0 Å². The second kappa shape index (κ2) is 3.52. The van der Waals surface area contributed by atoms with Gasteiger partial charge in [-0.1, -0.05) is 31.6 Å². The summed E-state index contributed by atoms with van der Waals surface area (Å²) in [5, 5.41) is 0.176. The molecule has 0 radical (unpaired) electrons. The standard InChI is InChI=1S/C6H12OS2/c1-5(7)8-9-6(2,3)4/h1-4H3. The van der Waals surface area contributed by atoms with Gasteiger partial charge < -0.3 is 0 Å². The van der Waals surface area contributed by atoms with Crippen LogP contribution in [-0.2, 0) is 4.79 Å². The third kappa shape index (κ3) is 8.37. The van der Waals surface area contributed by atoms with Crippen molar-refractivity contribution >= 4 is 26.7 Å². The number of hydrogen-bond acceptors (Lipinski definition) is 3. The lowest BCUT2D eigenvalue weighted by Gasteiger charge is -2.14. The van der Waals surface area contributed by atoms with Crippen LogP contribution in [0.4, 0.5) is 0 Å². The molecular formula is C6H12OS2. The molecule has 1 nitrogen and oxygen atoms in total. The van der Waals surface area contributed by atoms with Crippen LogP contribution in [0.15, 0.2) is 0 Å². The minimum Gasteiger partial charge on any atom is -0.287 e. The largest absolute Gasteiger partial charge is 0.287 e. The summed E-state index contributed by atoms with van der Waals surface area (Å²) in [6, 6.07) is 0. The molecule has 0 spiro atoms.